The summed E-state index contributed by atoms with van der Waals surface area (Å²) in [5, 5.41) is 0. The van der Waals surface area contributed by atoms with Crippen molar-refractivity contribution in [1.82, 2.24) is 3.94 Å². The molecule has 0 heterocycles. The Kier molecular flexibility index (Phi) is 4.21. The van der Waals surface area contributed by atoms with Crippen LogP contribution >= 0.6 is 23.6 Å². The molecule has 1 aliphatic rings. The van der Waals surface area contributed by atoms with Crippen molar-refractivity contribution in [2.45, 2.75) is 25.8 Å². The Hall–Kier alpha value is -0.700. The molecule has 2 rings (SSSR count). The standard InChI is InChI=1S/C14H17Cl2NO/c1-14(9-3-4-13(14)17(15)16)10-11-5-7-12(18-2)8-6-11/h3,5-9,13H,4,10H2,1-2H3/t13?,14-/m0/s1. The van der Waals surface area contributed by atoms with E-state index in [0.29, 0.717) is 0 Å². The summed E-state index contributed by atoms with van der Waals surface area (Å²) in [6, 6.07) is 8.25. The monoisotopic (exact) mass is 285 g/mol. The molecule has 0 saturated heterocycles. The number of methoxy groups -OCH3 is 1. The van der Waals surface area contributed by atoms with Gasteiger partial charge in [0.2, 0.25) is 0 Å². The van der Waals surface area contributed by atoms with Gasteiger partial charge in [0.05, 0.1) is 13.2 Å². The third-order valence-electron chi connectivity index (χ3n) is 3.60. The van der Waals surface area contributed by atoms with Gasteiger partial charge < -0.3 is 4.74 Å². The van der Waals surface area contributed by atoms with Crippen LogP contribution < -0.4 is 4.74 Å². The average Bonchev–Trinajstić information content (AvgIpc) is 2.72. The highest BCUT2D eigenvalue weighted by atomic mass is 35.5. The maximum atomic E-state index is 5.92. The third kappa shape index (κ3) is 2.82. The molecular formula is C14H17Cl2NO. The van der Waals surface area contributed by atoms with Crippen LogP contribution in [0.4, 0.5) is 0 Å². The van der Waals surface area contributed by atoms with Gasteiger partial charge in [-0.2, -0.15) is 0 Å². The molecule has 0 amide bonds. The predicted octanol–water partition coefficient (Wildman–Crippen LogP) is 4.18. The van der Waals surface area contributed by atoms with Crippen molar-refractivity contribution in [3.8, 4) is 5.75 Å². The van der Waals surface area contributed by atoms with Crippen molar-refractivity contribution in [3.05, 3.63) is 42.0 Å². The summed E-state index contributed by atoms with van der Waals surface area (Å²) in [6.45, 7) is 2.18. The molecule has 0 saturated carbocycles. The second-order valence-electron chi connectivity index (χ2n) is 4.94. The molecular weight excluding hydrogens is 269 g/mol. The zero-order valence-corrected chi connectivity index (χ0v) is 12.1. The Morgan fingerprint density at radius 2 is 2.00 bits per heavy atom. The van der Waals surface area contributed by atoms with Crippen LogP contribution in [0.1, 0.15) is 18.9 Å². The van der Waals surface area contributed by atoms with Gasteiger partial charge in [0.1, 0.15) is 5.75 Å². The van der Waals surface area contributed by atoms with E-state index in [1.54, 1.807) is 7.11 Å². The first-order valence-electron chi connectivity index (χ1n) is 5.96. The van der Waals surface area contributed by atoms with Crippen LogP contribution in [0.25, 0.3) is 0 Å². The van der Waals surface area contributed by atoms with Crippen molar-refractivity contribution in [2.75, 3.05) is 7.11 Å². The van der Waals surface area contributed by atoms with E-state index >= 15 is 0 Å². The molecule has 1 aromatic rings. The van der Waals surface area contributed by atoms with Crippen molar-refractivity contribution in [3.63, 3.8) is 0 Å². The highest BCUT2D eigenvalue weighted by molar-refractivity contribution is 6.34. The minimum atomic E-state index is -0.0297. The summed E-state index contributed by atoms with van der Waals surface area (Å²) in [6.07, 6.45) is 6.15. The summed E-state index contributed by atoms with van der Waals surface area (Å²) in [7, 11) is 1.67. The number of ether oxygens (including phenoxy) is 1. The zero-order chi connectivity index (χ0) is 13.2. The van der Waals surface area contributed by atoms with Gasteiger partial charge in [-0.05, 0) is 54.1 Å². The summed E-state index contributed by atoms with van der Waals surface area (Å²) < 4.78 is 6.44. The minimum absolute atomic E-state index is 0.0297. The first-order valence-corrected chi connectivity index (χ1v) is 6.64. The first kappa shape index (κ1) is 13.7. The topological polar surface area (TPSA) is 12.5 Å². The van der Waals surface area contributed by atoms with Gasteiger partial charge >= 0.3 is 0 Å². The molecule has 2 nitrogen and oxygen atoms in total. The lowest BCUT2D eigenvalue weighted by molar-refractivity contribution is 0.276. The van der Waals surface area contributed by atoms with Crippen LogP contribution in [0.3, 0.4) is 0 Å². The van der Waals surface area contributed by atoms with Crippen LogP contribution in [-0.2, 0) is 6.42 Å². The Balaban J connectivity index is 2.13. The fraction of sp³-hybridized carbons (Fsp3) is 0.429. The largest absolute Gasteiger partial charge is 0.497 e. The molecule has 2 atom stereocenters. The number of halogens is 2. The van der Waals surface area contributed by atoms with Crippen LogP contribution in [0.15, 0.2) is 36.4 Å². The molecule has 0 fully saturated rings. The van der Waals surface area contributed by atoms with Gasteiger partial charge in [0.25, 0.3) is 0 Å². The second kappa shape index (κ2) is 5.52. The van der Waals surface area contributed by atoms with E-state index in [0.717, 1.165) is 18.6 Å². The van der Waals surface area contributed by atoms with E-state index in [2.05, 4.69) is 31.2 Å². The average molecular weight is 286 g/mol. The highest BCUT2D eigenvalue weighted by Crippen LogP contribution is 2.40. The summed E-state index contributed by atoms with van der Waals surface area (Å²) in [5.41, 5.74) is 1.22. The Labute approximate surface area is 118 Å². The van der Waals surface area contributed by atoms with Gasteiger partial charge in [0.15, 0.2) is 0 Å². The number of benzene rings is 1. The second-order valence-corrected chi connectivity index (χ2v) is 5.85. The summed E-state index contributed by atoms with van der Waals surface area (Å²) in [4.78, 5) is 0. The Morgan fingerprint density at radius 1 is 1.33 bits per heavy atom. The molecule has 0 aliphatic heterocycles. The molecule has 18 heavy (non-hydrogen) atoms. The maximum Gasteiger partial charge on any atom is 0.118 e. The first-order chi connectivity index (χ1) is 8.55. The summed E-state index contributed by atoms with van der Waals surface area (Å²) >= 11 is 11.8. The van der Waals surface area contributed by atoms with Gasteiger partial charge in [0, 0.05) is 5.41 Å². The maximum absolute atomic E-state index is 5.92. The third-order valence-corrected chi connectivity index (χ3v) is 4.07. The molecule has 0 radical (unpaired) electrons. The minimum Gasteiger partial charge on any atom is -0.497 e. The lowest BCUT2D eigenvalue weighted by atomic mass is 9.80. The van der Waals surface area contributed by atoms with Crippen molar-refractivity contribution in [1.29, 1.82) is 0 Å². The fourth-order valence-electron chi connectivity index (χ4n) is 2.51. The van der Waals surface area contributed by atoms with E-state index in [-0.39, 0.29) is 11.5 Å². The molecule has 0 aromatic heterocycles. The predicted molar refractivity (Wildman–Crippen MR) is 75.9 cm³/mol. The van der Waals surface area contributed by atoms with E-state index in [4.69, 9.17) is 28.3 Å². The SMILES string of the molecule is COc1ccc(C[C@]2(C)C=CCC2N(Cl)Cl)cc1. The van der Waals surface area contributed by atoms with E-state index in [9.17, 15) is 0 Å². The van der Waals surface area contributed by atoms with Crippen molar-refractivity contribution in [2.24, 2.45) is 5.41 Å². The van der Waals surface area contributed by atoms with E-state index in [1.807, 2.05) is 12.1 Å². The quantitative estimate of drug-likeness (QED) is 0.608. The van der Waals surface area contributed by atoms with Gasteiger partial charge in [-0.1, -0.05) is 31.2 Å². The van der Waals surface area contributed by atoms with Gasteiger partial charge in [-0.3, -0.25) is 0 Å². The molecule has 4 heteroatoms. The number of hydrogen-bond acceptors (Lipinski definition) is 2. The lowest BCUT2D eigenvalue weighted by Crippen LogP contribution is -2.35. The van der Waals surface area contributed by atoms with Crippen molar-refractivity contribution < 1.29 is 4.74 Å². The Bertz CT molecular complexity index is 430. The smallest absolute Gasteiger partial charge is 0.118 e. The zero-order valence-electron chi connectivity index (χ0n) is 10.6. The van der Waals surface area contributed by atoms with Gasteiger partial charge in [-0.15, -0.1) is 3.94 Å². The van der Waals surface area contributed by atoms with E-state index < -0.39 is 0 Å². The molecule has 1 aromatic carbocycles. The molecule has 0 bridgehead atoms. The van der Waals surface area contributed by atoms with Crippen LogP contribution in [0.5, 0.6) is 5.75 Å². The normalized spacial score (nSPS) is 26.8. The van der Waals surface area contributed by atoms with E-state index in [1.165, 1.54) is 9.50 Å². The number of rotatable bonds is 4. The fourth-order valence-corrected chi connectivity index (χ4v) is 3.11. The molecule has 0 N–H and O–H groups in total. The van der Waals surface area contributed by atoms with Crippen LogP contribution in [-0.4, -0.2) is 17.1 Å². The van der Waals surface area contributed by atoms with Crippen LogP contribution in [0.2, 0.25) is 0 Å². The highest BCUT2D eigenvalue weighted by Gasteiger charge is 2.38. The molecule has 0 spiro atoms. The molecule has 98 valence electrons. The lowest BCUT2D eigenvalue weighted by Gasteiger charge is -2.32. The number of hydrogen-bond donors (Lipinski definition) is 0. The van der Waals surface area contributed by atoms with Crippen LogP contribution in [0, 0.1) is 5.41 Å². The summed E-state index contributed by atoms with van der Waals surface area (Å²) in [5.74, 6) is 0.874. The van der Waals surface area contributed by atoms with Gasteiger partial charge in [-0.25, -0.2) is 0 Å². The molecule has 1 aliphatic carbocycles. The van der Waals surface area contributed by atoms with Crippen molar-refractivity contribution >= 4 is 23.6 Å². The Morgan fingerprint density at radius 3 is 2.56 bits per heavy atom. The number of nitrogens with zero attached hydrogens (tertiary/aromatic N) is 1. The molecule has 1 unspecified atom stereocenters.